The Morgan fingerprint density at radius 3 is 1.92 bits per heavy atom. The van der Waals surface area contributed by atoms with Gasteiger partial charge in [0.15, 0.2) is 4.98 Å². The van der Waals surface area contributed by atoms with Crippen molar-refractivity contribution in [2.45, 2.75) is 11.8 Å². The molecule has 0 saturated heterocycles. The van der Waals surface area contributed by atoms with Crippen LogP contribution in [0.15, 0.2) is 41.3 Å². The fourth-order valence-corrected chi connectivity index (χ4v) is 2.48. The SMILES string of the molecule is Cc1ccc(S(=O)(=O)[O-])cc1.N#[N+]c1c(Cl)cc([N+](=O)[O-])cc1Cl. The maximum absolute atomic E-state index is 10.4. The molecule has 0 aliphatic rings. The first-order valence-corrected chi connectivity index (χ1v) is 8.23. The molecule has 24 heavy (non-hydrogen) atoms. The second-order valence-corrected chi connectivity index (χ2v) is 6.58. The Morgan fingerprint density at radius 1 is 1.12 bits per heavy atom. The third-order valence-corrected chi connectivity index (χ3v) is 4.05. The van der Waals surface area contributed by atoms with E-state index in [4.69, 9.17) is 28.6 Å². The predicted octanol–water partition coefficient (Wildman–Crippen LogP) is 4.29. The average Bonchev–Trinajstić information content (AvgIpc) is 2.47. The van der Waals surface area contributed by atoms with Gasteiger partial charge in [0, 0.05) is 12.1 Å². The van der Waals surface area contributed by atoms with Crippen molar-refractivity contribution in [1.29, 1.82) is 5.39 Å². The molecule has 0 spiro atoms. The summed E-state index contributed by atoms with van der Waals surface area (Å²) in [4.78, 5) is 12.3. The summed E-state index contributed by atoms with van der Waals surface area (Å²) in [5, 5.41) is 18.6. The number of halogens is 2. The number of diazo groups is 1. The normalized spacial score (nSPS) is 10.3. The minimum Gasteiger partial charge on any atom is -0.744 e. The molecule has 0 fully saturated rings. The number of aryl methyl sites for hydroxylation is 1. The van der Waals surface area contributed by atoms with Crippen LogP contribution in [0.1, 0.15) is 5.56 Å². The molecule has 0 heterocycles. The molecule has 0 atom stereocenters. The van der Waals surface area contributed by atoms with Gasteiger partial charge >= 0.3 is 5.69 Å². The lowest BCUT2D eigenvalue weighted by Gasteiger charge is -2.05. The summed E-state index contributed by atoms with van der Waals surface area (Å²) in [5.74, 6) is 0. The van der Waals surface area contributed by atoms with Crippen molar-refractivity contribution in [3.8, 4) is 0 Å². The summed E-state index contributed by atoms with van der Waals surface area (Å²) in [7, 11) is -4.27. The molecule has 126 valence electrons. The third-order valence-electron chi connectivity index (χ3n) is 2.62. The summed E-state index contributed by atoms with van der Waals surface area (Å²) in [5.41, 5.74) is 0.605. The molecule has 2 aromatic rings. The lowest BCUT2D eigenvalue weighted by Crippen LogP contribution is -1.97. The number of hydrogen-bond donors (Lipinski definition) is 0. The highest BCUT2D eigenvalue weighted by atomic mass is 35.5. The first-order valence-electron chi connectivity index (χ1n) is 6.07. The van der Waals surface area contributed by atoms with Gasteiger partial charge in [-0.05, 0) is 19.1 Å². The van der Waals surface area contributed by atoms with Gasteiger partial charge in [-0.3, -0.25) is 10.1 Å². The van der Waals surface area contributed by atoms with Gasteiger partial charge in [0.2, 0.25) is 5.39 Å². The van der Waals surface area contributed by atoms with Crippen LogP contribution in [-0.4, -0.2) is 17.9 Å². The highest BCUT2D eigenvalue weighted by Gasteiger charge is 2.22. The molecule has 0 aliphatic heterocycles. The molecule has 8 nitrogen and oxygen atoms in total. The van der Waals surface area contributed by atoms with Gasteiger partial charge in [-0.15, -0.1) is 0 Å². The van der Waals surface area contributed by atoms with Gasteiger partial charge in [-0.2, -0.15) is 0 Å². The Morgan fingerprint density at radius 2 is 1.58 bits per heavy atom. The Labute approximate surface area is 147 Å². The molecule has 0 amide bonds. The monoisotopic (exact) mass is 389 g/mol. The van der Waals surface area contributed by atoms with E-state index >= 15 is 0 Å². The molecule has 2 aromatic carbocycles. The number of rotatable bonds is 2. The van der Waals surface area contributed by atoms with Crippen molar-refractivity contribution >= 4 is 44.7 Å². The van der Waals surface area contributed by atoms with Crippen LogP contribution in [0.3, 0.4) is 0 Å². The number of nitro benzene ring substituents is 1. The molecule has 2 rings (SSSR count). The third kappa shape index (κ3) is 5.43. The molecule has 0 aliphatic carbocycles. The number of non-ortho nitro benzene ring substituents is 1. The van der Waals surface area contributed by atoms with E-state index in [0.29, 0.717) is 0 Å². The topological polar surface area (TPSA) is 128 Å². The summed E-state index contributed by atoms with van der Waals surface area (Å²) >= 11 is 11.1. The van der Waals surface area contributed by atoms with Gasteiger partial charge < -0.3 is 4.55 Å². The standard InChI is InChI=1S/C7H8O3S.C6H2Cl2N3O2/c1-6-2-4-7(5-3-6)11(8,9)10;7-4-1-3(11(12)13)2-5(8)6(4)10-9/h2-5H,1H3,(H,8,9,10);1-2H/q;+1/p-1. The van der Waals surface area contributed by atoms with Crippen LogP contribution in [0.4, 0.5) is 11.4 Å². The summed E-state index contributed by atoms with van der Waals surface area (Å²) < 4.78 is 31.2. The highest BCUT2D eigenvalue weighted by Crippen LogP contribution is 2.36. The molecule has 0 radical (unpaired) electrons. The quantitative estimate of drug-likeness (QED) is 0.326. The molecular weight excluding hydrogens is 381 g/mol. The Balaban J connectivity index is 0.000000243. The number of benzene rings is 2. The summed E-state index contributed by atoms with van der Waals surface area (Å²) in [6, 6.07) is 7.90. The van der Waals surface area contributed by atoms with Gasteiger partial charge in [-0.1, -0.05) is 40.9 Å². The second kappa shape index (κ2) is 8.03. The molecular formula is C13H9Cl2N3O5S. The van der Waals surface area contributed by atoms with Gasteiger partial charge in [0.1, 0.15) is 20.2 Å². The van der Waals surface area contributed by atoms with Crippen molar-refractivity contribution in [3.05, 3.63) is 67.1 Å². The largest absolute Gasteiger partial charge is 0.744 e. The molecule has 0 aromatic heterocycles. The second-order valence-electron chi connectivity index (χ2n) is 4.38. The molecule has 0 saturated carbocycles. The first kappa shape index (κ1) is 19.8. The smallest absolute Gasteiger partial charge is 0.422 e. The lowest BCUT2D eigenvalue weighted by molar-refractivity contribution is -0.384. The van der Waals surface area contributed by atoms with Crippen LogP contribution in [0.2, 0.25) is 10.0 Å². The number of nitrogens with zero attached hydrogens (tertiary/aromatic N) is 3. The van der Waals surface area contributed by atoms with E-state index < -0.39 is 15.0 Å². The van der Waals surface area contributed by atoms with Crippen LogP contribution in [-0.2, 0) is 10.1 Å². The zero-order chi connectivity index (χ0) is 18.5. The predicted molar refractivity (Wildman–Crippen MR) is 87.0 cm³/mol. The van der Waals surface area contributed by atoms with E-state index in [1.165, 1.54) is 12.1 Å². The number of hydrogen-bond acceptors (Lipinski definition) is 6. The fourth-order valence-electron chi connectivity index (χ4n) is 1.46. The van der Waals surface area contributed by atoms with Gasteiger partial charge in [0.25, 0.3) is 5.69 Å². The van der Waals surface area contributed by atoms with E-state index in [9.17, 15) is 23.1 Å². The van der Waals surface area contributed by atoms with Gasteiger partial charge in [0.05, 0.1) is 9.82 Å². The summed E-state index contributed by atoms with van der Waals surface area (Å²) in [6.45, 7) is 1.82. The van der Waals surface area contributed by atoms with Crippen molar-refractivity contribution in [3.63, 3.8) is 0 Å². The number of nitro groups is 1. The van der Waals surface area contributed by atoms with Crippen molar-refractivity contribution < 1.29 is 17.9 Å². The van der Waals surface area contributed by atoms with Crippen LogP contribution in [0, 0.1) is 22.4 Å². The minimum absolute atomic E-state index is 0.0679. The molecule has 11 heteroatoms. The van der Waals surface area contributed by atoms with E-state index in [1.54, 1.807) is 12.1 Å². The highest BCUT2D eigenvalue weighted by molar-refractivity contribution is 7.85. The van der Waals surface area contributed by atoms with E-state index in [2.05, 4.69) is 4.98 Å². The van der Waals surface area contributed by atoms with Crippen LogP contribution >= 0.6 is 23.2 Å². The van der Waals surface area contributed by atoms with Gasteiger partial charge in [-0.25, -0.2) is 8.42 Å². The maximum atomic E-state index is 10.4. The fraction of sp³-hybridized carbons (Fsp3) is 0.0769. The maximum Gasteiger partial charge on any atom is 0.422 e. The van der Waals surface area contributed by atoms with Crippen molar-refractivity contribution in [2.75, 3.05) is 0 Å². The lowest BCUT2D eigenvalue weighted by atomic mass is 10.2. The minimum atomic E-state index is -4.27. The Hall–Kier alpha value is -2.25. The molecule has 0 unspecified atom stereocenters. The summed E-state index contributed by atoms with van der Waals surface area (Å²) in [6.07, 6.45) is 0. The van der Waals surface area contributed by atoms with E-state index in [0.717, 1.165) is 17.7 Å². The Kier molecular flexibility index (Phi) is 6.62. The first-order chi connectivity index (χ1) is 11.1. The van der Waals surface area contributed by atoms with Crippen LogP contribution in [0.25, 0.3) is 4.98 Å². The van der Waals surface area contributed by atoms with E-state index in [-0.39, 0.29) is 26.3 Å². The van der Waals surface area contributed by atoms with Crippen molar-refractivity contribution in [2.24, 2.45) is 0 Å². The van der Waals surface area contributed by atoms with E-state index in [1.807, 2.05) is 6.92 Å². The molecule has 0 N–H and O–H groups in total. The zero-order valence-electron chi connectivity index (χ0n) is 12.0. The van der Waals surface area contributed by atoms with Crippen molar-refractivity contribution in [1.82, 2.24) is 0 Å². The zero-order valence-corrected chi connectivity index (χ0v) is 14.3. The van der Waals surface area contributed by atoms with Crippen LogP contribution < -0.4 is 0 Å². The Bertz CT molecular complexity index is 885. The van der Waals surface area contributed by atoms with Crippen LogP contribution in [0.5, 0.6) is 0 Å². The molecule has 0 bridgehead atoms. The average molecular weight is 390 g/mol.